The van der Waals surface area contributed by atoms with Crippen molar-refractivity contribution in [2.45, 2.75) is 38.5 Å². The molecule has 1 rings (SSSR count). The zero-order valence-corrected chi connectivity index (χ0v) is 13.6. The second-order valence-electron chi connectivity index (χ2n) is 4.81. The third-order valence-electron chi connectivity index (χ3n) is 2.72. The van der Waals surface area contributed by atoms with Gasteiger partial charge in [0.05, 0.1) is 12.2 Å². The van der Waals surface area contributed by atoms with Gasteiger partial charge >= 0.3 is 0 Å². The van der Waals surface area contributed by atoms with Crippen LogP contribution >= 0.6 is 24.0 Å². The molecule has 1 aromatic rings. The summed E-state index contributed by atoms with van der Waals surface area (Å²) in [6.45, 7) is 7.27. The summed E-state index contributed by atoms with van der Waals surface area (Å²) >= 11 is 6.90. The molecule has 0 radical (unpaired) electrons. The Hall–Kier alpha value is -0.740. The molecular weight excluding hydrogens is 274 g/mol. The van der Waals surface area contributed by atoms with E-state index in [9.17, 15) is 0 Å². The lowest BCUT2D eigenvalue weighted by Gasteiger charge is -2.14. The smallest absolute Gasteiger partial charge is 0.130 e. The zero-order valence-electron chi connectivity index (χ0n) is 11.9. The van der Waals surface area contributed by atoms with Crippen molar-refractivity contribution in [2.24, 2.45) is 11.7 Å². The normalized spacial score (nSPS) is 10.7. The number of rotatable bonds is 8. The van der Waals surface area contributed by atoms with Crippen LogP contribution in [0.1, 0.15) is 39.2 Å². The van der Waals surface area contributed by atoms with Crippen molar-refractivity contribution in [3.05, 3.63) is 23.8 Å². The first-order valence-electron chi connectivity index (χ1n) is 6.74. The fourth-order valence-electron chi connectivity index (χ4n) is 1.82. The van der Waals surface area contributed by atoms with Crippen LogP contribution in [0.25, 0.3) is 0 Å². The van der Waals surface area contributed by atoms with E-state index in [2.05, 4.69) is 20.8 Å². The van der Waals surface area contributed by atoms with Crippen molar-refractivity contribution in [1.29, 1.82) is 0 Å². The molecule has 0 aliphatic carbocycles. The Kier molecular flexibility index (Phi) is 7.24. The van der Waals surface area contributed by atoms with E-state index in [-0.39, 0.29) is 0 Å². The molecule has 0 bridgehead atoms. The monoisotopic (exact) mass is 297 g/mol. The van der Waals surface area contributed by atoms with Crippen LogP contribution in [0.2, 0.25) is 0 Å². The summed E-state index contributed by atoms with van der Waals surface area (Å²) in [5.74, 6) is 2.52. The minimum absolute atomic E-state index is 0.412. The highest BCUT2D eigenvalue weighted by Crippen LogP contribution is 2.30. The summed E-state index contributed by atoms with van der Waals surface area (Å²) in [7, 11) is 0. The summed E-state index contributed by atoms with van der Waals surface area (Å²) in [5.41, 5.74) is 6.72. The van der Waals surface area contributed by atoms with Gasteiger partial charge in [-0.15, -0.1) is 11.8 Å². The maximum atomic E-state index is 5.86. The molecule has 4 heteroatoms. The highest BCUT2D eigenvalue weighted by Gasteiger charge is 2.12. The Balaban J connectivity index is 2.76. The SMILES string of the molecule is CCSc1cccc(OCCCC(C)C)c1C(N)=S. The minimum atomic E-state index is 0.412. The van der Waals surface area contributed by atoms with Crippen LogP contribution < -0.4 is 10.5 Å². The van der Waals surface area contributed by atoms with Gasteiger partial charge in [-0.3, -0.25) is 0 Å². The average Bonchev–Trinajstić information content (AvgIpc) is 2.34. The van der Waals surface area contributed by atoms with E-state index in [4.69, 9.17) is 22.7 Å². The lowest BCUT2D eigenvalue weighted by Crippen LogP contribution is -2.13. The van der Waals surface area contributed by atoms with E-state index in [1.165, 1.54) is 6.42 Å². The molecular formula is C15H23NOS2. The van der Waals surface area contributed by atoms with E-state index in [1.807, 2.05) is 18.2 Å². The number of thiocarbonyl (C=S) groups is 1. The summed E-state index contributed by atoms with van der Waals surface area (Å²) in [6, 6.07) is 5.99. The van der Waals surface area contributed by atoms with Crippen molar-refractivity contribution in [3.63, 3.8) is 0 Å². The van der Waals surface area contributed by atoms with Gasteiger partial charge in [0.25, 0.3) is 0 Å². The first kappa shape index (κ1) is 16.3. The first-order chi connectivity index (χ1) is 9.06. The maximum Gasteiger partial charge on any atom is 0.130 e. The molecule has 0 spiro atoms. The quantitative estimate of drug-likeness (QED) is 0.442. The molecule has 0 atom stereocenters. The van der Waals surface area contributed by atoms with Gasteiger partial charge in [0, 0.05) is 4.90 Å². The van der Waals surface area contributed by atoms with E-state index < -0.39 is 0 Å². The van der Waals surface area contributed by atoms with Gasteiger partial charge in [-0.2, -0.15) is 0 Å². The standard InChI is InChI=1S/C15H23NOS2/c1-4-19-13-9-5-8-12(14(13)15(16)18)17-10-6-7-11(2)3/h5,8-9,11H,4,6-7,10H2,1-3H3,(H2,16,18). The largest absolute Gasteiger partial charge is 0.493 e. The summed E-state index contributed by atoms with van der Waals surface area (Å²) in [4.78, 5) is 1.52. The number of hydrogen-bond acceptors (Lipinski definition) is 3. The van der Waals surface area contributed by atoms with E-state index in [0.717, 1.165) is 28.4 Å². The van der Waals surface area contributed by atoms with Crippen LogP contribution in [-0.4, -0.2) is 17.3 Å². The predicted molar refractivity (Wildman–Crippen MR) is 88.3 cm³/mol. The molecule has 0 saturated carbocycles. The maximum absolute atomic E-state index is 5.86. The molecule has 1 aromatic carbocycles. The zero-order chi connectivity index (χ0) is 14.3. The second kappa shape index (κ2) is 8.43. The van der Waals surface area contributed by atoms with Crippen LogP contribution in [0, 0.1) is 5.92 Å². The van der Waals surface area contributed by atoms with Crippen molar-refractivity contribution < 1.29 is 4.74 Å². The van der Waals surface area contributed by atoms with Crippen LogP contribution in [0.15, 0.2) is 23.1 Å². The molecule has 0 heterocycles. The molecule has 0 unspecified atom stereocenters. The third kappa shape index (κ3) is 5.41. The minimum Gasteiger partial charge on any atom is -0.493 e. The van der Waals surface area contributed by atoms with Crippen LogP contribution in [-0.2, 0) is 0 Å². The van der Waals surface area contributed by atoms with Gasteiger partial charge < -0.3 is 10.5 Å². The molecule has 0 aliphatic heterocycles. The second-order valence-corrected chi connectivity index (χ2v) is 6.56. The van der Waals surface area contributed by atoms with Crippen LogP contribution in [0.3, 0.4) is 0 Å². The fraction of sp³-hybridized carbons (Fsp3) is 0.533. The Morgan fingerprint density at radius 1 is 1.42 bits per heavy atom. The topological polar surface area (TPSA) is 35.2 Å². The molecule has 106 valence electrons. The first-order valence-corrected chi connectivity index (χ1v) is 8.14. The Morgan fingerprint density at radius 3 is 2.74 bits per heavy atom. The van der Waals surface area contributed by atoms with Crippen molar-refractivity contribution in [2.75, 3.05) is 12.4 Å². The molecule has 0 amide bonds. The van der Waals surface area contributed by atoms with Gasteiger partial charge in [0.2, 0.25) is 0 Å². The van der Waals surface area contributed by atoms with Crippen LogP contribution in [0.5, 0.6) is 5.75 Å². The van der Waals surface area contributed by atoms with E-state index in [1.54, 1.807) is 11.8 Å². The van der Waals surface area contributed by atoms with Gasteiger partial charge in [0.15, 0.2) is 0 Å². The lowest BCUT2D eigenvalue weighted by molar-refractivity contribution is 0.296. The summed E-state index contributed by atoms with van der Waals surface area (Å²) in [6.07, 6.45) is 2.23. The van der Waals surface area contributed by atoms with Crippen molar-refractivity contribution in [3.8, 4) is 5.75 Å². The van der Waals surface area contributed by atoms with E-state index >= 15 is 0 Å². The number of benzene rings is 1. The molecule has 0 aliphatic rings. The fourth-order valence-corrected chi connectivity index (χ4v) is 2.94. The highest BCUT2D eigenvalue weighted by molar-refractivity contribution is 7.99. The van der Waals surface area contributed by atoms with Crippen molar-refractivity contribution in [1.82, 2.24) is 0 Å². The average molecular weight is 297 g/mol. The summed E-state index contributed by atoms with van der Waals surface area (Å²) in [5, 5.41) is 0. The number of thioether (sulfide) groups is 1. The van der Waals surface area contributed by atoms with Crippen molar-refractivity contribution >= 4 is 29.0 Å². The molecule has 19 heavy (non-hydrogen) atoms. The third-order valence-corrected chi connectivity index (χ3v) is 3.86. The number of ether oxygens (including phenoxy) is 1. The van der Waals surface area contributed by atoms with Gasteiger partial charge in [0.1, 0.15) is 10.7 Å². The molecule has 2 nitrogen and oxygen atoms in total. The van der Waals surface area contributed by atoms with Gasteiger partial charge in [-0.05, 0) is 36.6 Å². The molecule has 0 saturated heterocycles. The highest BCUT2D eigenvalue weighted by atomic mass is 32.2. The number of nitrogens with two attached hydrogens (primary N) is 1. The Morgan fingerprint density at radius 2 is 2.16 bits per heavy atom. The predicted octanol–water partition coefficient (Wildman–Crippen LogP) is 4.25. The van der Waals surface area contributed by atoms with Crippen LogP contribution in [0.4, 0.5) is 0 Å². The molecule has 0 fully saturated rings. The van der Waals surface area contributed by atoms with E-state index in [0.29, 0.717) is 17.5 Å². The van der Waals surface area contributed by atoms with Gasteiger partial charge in [-0.1, -0.05) is 39.1 Å². The Labute approximate surface area is 126 Å². The van der Waals surface area contributed by atoms with Gasteiger partial charge in [-0.25, -0.2) is 0 Å². The summed E-state index contributed by atoms with van der Waals surface area (Å²) < 4.78 is 5.86. The molecule has 0 aromatic heterocycles. The molecule has 2 N–H and O–H groups in total. The Bertz CT molecular complexity index is 419. The number of hydrogen-bond donors (Lipinski definition) is 1. The lowest BCUT2D eigenvalue weighted by atomic mass is 10.1.